The molecule has 0 saturated carbocycles. The van der Waals surface area contributed by atoms with E-state index in [2.05, 4.69) is 0 Å². The third-order valence-electron chi connectivity index (χ3n) is 9.42. The van der Waals surface area contributed by atoms with Gasteiger partial charge in [0.05, 0.1) is 31.6 Å². The Bertz CT molecular complexity index is 1860. The minimum absolute atomic E-state index is 0.0372. The molecule has 4 aromatic rings. The number of aliphatic hydroxyl groups is 2. The van der Waals surface area contributed by atoms with E-state index in [1.807, 2.05) is 78.9 Å². The van der Waals surface area contributed by atoms with Crippen LogP contribution in [0.3, 0.4) is 0 Å². The van der Waals surface area contributed by atoms with Gasteiger partial charge in [0.2, 0.25) is 11.8 Å². The maximum absolute atomic E-state index is 14.2. The fraction of sp³-hybridized carbons (Fsp3) is 0.275. The Morgan fingerprint density at radius 2 is 1.67 bits per heavy atom. The standard InChI is InChI=1S/C40H41N3O6/c1-28(9-8-14-37(45)41(23-24-44)26-29-10-4-3-5-11-29)40(48)34-25-33(49-2)20-21-36(34)42(39(40)47)27-30-15-18-32(19-16-30)43-35-13-7-6-12-31(35)17-22-38(43)46/h3-13,15-16,18-21,25,28,44,48H,14,17,22-24,26-27H2,1-2H3/b9-8+/t28-,40+/m1/s1. The zero-order chi connectivity index (χ0) is 34.5. The van der Waals surface area contributed by atoms with Gasteiger partial charge in [0, 0.05) is 43.1 Å². The van der Waals surface area contributed by atoms with Gasteiger partial charge in [-0.1, -0.05) is 79.7 Å². The number of rotatable bonds is 12. The summed E-state index contributed by atoms with van der Waals surface area (Å²) < 4.78 is 5.45. The van der Waals surface area contributed by atoms with Crippen molar-refractivity contribution in [3.8, 4) is 5.75 Å². The predicted molar refractivity (Wildman–Crippen MR) is 188 cm³/mol. The Balaban J connectivity index is 1.20. The molecule has 2 aliphatic rings. The Morgan fingerprint density at radius 1 is 0.939 bits per heavy atom. The summed E-state index contributed by atoms with van der Waals surface area (Å²) in [6, 6.07) is 30.3. The molecule has 2 aliphatic heterocycles. The van der Waals surface area contributed by atoms with Crippen molar-refractivity contribution in [3.05, 3.63) is 131 Å². The first-order chi connectivity index (χ1) is 23.7. The molecule has 0 unspecified atom stereocenters. The van der Waals surface area contributed by atoms with Gasteiger partial charge in [-0.15, -0.1) is 0 Å². The van der Waals surface area contributed by atoms with Gasteiger partial charge in [0.1, 0.15) is 5.75 Å². The normalized spacial score (nSPS) is 17.6. The first-order valence-corrected chi connectivity index (χ1v) is 16.6. The Morgan fingerprint density at radius 3 is 2.41 bits per heavy atom. The van der Waals surface area contributed by atoms with E-state index < -0.39 is 17.4 Å². The number of para-hydroxylation sites is 1. The zero-order valence-corrected chi connectivity index (χ0v) is 27.8. The first-order valence-electron chi connectivity index (χ1n) is 16.6. The van der Waals surface area contributed by atoms with Crippen LogP contribution in [0.4, 0.5) is 17.1 Å². The highest BCUT2D eigenvalue weighted by Crippen LogP contribution is 2.47. The van der Waals surface area contributed by atoms with E-state index in [0.29, 0.717) is 36.4 Å². The predicted octanol–water partition coefficient (Wildman–Crippen LogP) is 5.64. The summed E-state index contributed by atoms with van der Waals surface area (Å²) in [7, 11) is 1.53. The van der Waals surface area contributed by atoms with Gasteiger partial charge < -0.3 is 24.7 Å². The van der Waals surface area contributed by atoms with Crippen molar-refractivity contribution in [2.45, 2.75) is 44.9 Å². The quantitative estimate of drug-likeness (QED) is 0.191. The van der Waals surface area contributed by atoms with Crippen molar-refractivity contribution in [2.75, 3.05) is 30.1 Å². The molecule has 3 amide bonds. The number of carbonyl (C=O) groups excluding carboxylic acids is 3. The number of hydrogen-bond acceptors (Lipinski definition) is 6. The molecule has 9 nitrogen and oxygen atoms in total. The second-order valence-electron chi connectivity index (χ2n) is 12.5. The number of aryl methyl sites for hydroxylation is 1. The summed E-state index contributed by atoms with van der Waals surface area (Å²) >= 11 is 0. The minimum Gasteiger partial charge on any atom is -0.497 e. The Kier molecular flexibility index (Phi) is 9.94. The Hall–Kier alpha value is -5.25. The number of hydrogen-bond donors (Lipinski definition) is 2. The highest BCUT2D eigenvalue weighted by atomic mass is 16.5. The lowest BCUT2D eigenvalue weighted by atomic mass is 9.83. The van der Waals surface area contributed by atoms with Gasteiger partial charge in [-0.25, -0.2) is 0 Å². The van der Waals surface area contributed by atoms with E-state index in [0.717, 1.165) is 28.1 Å². The highest BCUT2D eigenvalue weighted by Gasteiger charge is 2.52. The van der Waals surface area contributed by atoms with Crippen molar-refractivity contribution in [2.24, 2.45) is 5.92 Å². The summed E-state index contributed by atoms with van der Waals surface area (Å²) in [6.45, 7) is 2.37. The highest BCUT2D eigenvalue weighted by molar-refractivity contribution is 6.07. The van der Waals surface area contributed by atoms with Gasteiger partial charge in [0.15, 0.2) is 5.60 Å². The lowest BCUT2D eigenvalue weighted by Crippen LogP contribution is -2.44. The molecule has 0 fully saturated rings. The number of benzene rings is 4. The van der Waals surface area contributed by atoms with E-state index in [1.165, 1.54) is 7.11 Å². The largest absolute Gasteiger partial charge is 0.497 e. The number of amides is 3. The van der Waals surface area contributed by atoms with Crippen LogP contribution in [-0.2, 0) is 39.5 Å². The van der Waals surface area contributed by atoms with Crippen LogP contribution in [0.15, 0.2) is 109 Å². The number of carbonyl (C=O) groups is 3. The number of nitrogens with zero attached hydrogens (tertiary/aromatic N) is 3. The second-order valence-corrected chi connectivity index (χ2v) is 12.5. The van der Waals surface area contributed by atoms with Gasteiger partial charge in [-0.3, -0.25) is 19.3 Å². The van der Waals surface area contributed by atoms with E-state index >= 15 is 0 Å². The van der Waals surface area contributed by atoms with Crippen molar-refractivity contribution in [1.29, 1.82) is 0 Å². The molecule has 9 heteroatoms. The lowest BCUT2D eigenvalue weighted by molar-refractivity contribution is -0.139. The SMILES string of the molecule is COc1ccc2c(c1)[C@@](O)([C@H](C)/C=C/CC(=O)N(CCO)Cc1ccccc1)C(=O)N2Cc1ccc(N2C(=O)CCc3ccccc32)cc1. The molecule has 2 atom stereocenters. The number of anilines is 3. The molecular formula is C40H41N3O6. The number of ether oxygens (including phenoxy) is 1. The molecule has 0 radical (unpaired) electrons. The van der Waals surface area contributed by atoms with Crippen LogP contribution in [0.5, 0.6) is 5.75 Å². The van der Waals surface area contributed by atoms with Crippen molar-refractivity contribution >= 4 is 34.8 Å². The van der Waals surface area contributed by atoms with Gasteiger partial charge in [-0.2, -0.15) is 0 Å². The average Bonchev–Trinajstić information content (AvgIpc) is 3.34. The molecule has 2 heterocycles. The lowest BCUT2D eigenvalue weighted by Gasteiger charge is -2.30. The van der Waals surface area contributed by atoms with Crippen LogP contribution < -0.4 is 14.5 Å². The fourth-order valence-electron chi connectivity index (χ4n) is 6.71. The second kappa shape index (κ2) is 14.5. The van der Waals surface area contributed by atoms with E-state index in [1.54, 1.807) is 52.0 Å². The number of methoxy groups -OCH3 is 1. The van der Waals surface area contributed by atoms with Crippen molar-refractivity contribution < 1.29 is 29.3 Å². The van der Waals surface area contributed by atoms with Gasteiger partial charge in [0.25, 0.3) is 5.91 Å². The molecule has 252 valence electrons. The number of fused-ring (bicyclic) bond motifs is 2. The smallest absolute Gasteiger partial charge is 0.264 e. The zero-order valence-electron chi connectivity index (χ0n) is 27.8. The monoisotopic (exact) mass is 659 g/mol. The van der Waals surface area contributed by atoms with Gasteiger partial charge >= 0.3 is 0 Å². The Labute approximate surface area is 286 Å². The number of aliphatic hydroxyl groups excluding tert-OH is 1. The summed E-state index contributed by atoms with van der Waals surface area (Å²) in [4.78, 5) is 45.1. The molecule has 4 aromatic carbocycles. The maximum Gasteiger partial charge on any atom is 0.264 e. The van der Waals surface area contributed by atoms with Gasteiger partial charge in [-0.05, 0) is 59.5 Å². The first kappa shape index (κ1) is 33.6. The molecule has 0 aliphatic carbocycles. The molecule has 0 spiro atoms. The van der Waals surface area contributed by atoms with E-state index in [-0.39, 0.29) is 37.9 Å². The van der Waals surface area contributed by atoms with Crippen molar-refractivity contribution in [1.82, 2.24) is 4.90 Å². The molecule has 49 heavy (non-hydrogen) atoms. The maximum atomic E-state index is 14.2. The third kappa shape index (κ3) is 6.72. The van der Waals surface area contributed by atoms with Crippen LogP contribution in [-0.4, -0.2) is 53.1 Å². The summed E-state index contributed by atoms with van der Waals surface area (Å²) in [5.41, 5.74) is 3.66. The van der Waals surface area contributed by atoms with E-state index in [9.17, 15) is 24.6 Å². The average molecular weight is 660 g/mol. The summed E-state index contributed by atoms with van der Waals surface area (Å²) in [5, 5.41) is 21.7. The third-order valence-corrected chi connectivity index (χ3v) is 9.42. The van der Waals surface area contributed by atoms with E-state index in [4.69, 9.17) is 4.74 Å². The molecular weight excluding hydrogens is 618 g/mol. The molecule has 0 bridgehead atoms. The minimum atomic E-state index is -1.90. The fourth-order valence-corrected chi connectivity index (χ4v) is 6.71. The molecule has 2 N–H and O–H groups in total. The van der Waals surface area contributed by atoms with Crippen LogP contribution in [0.25, 0.3) is 0 Å². The molecule has 0 aromatic heterocycles. The van der Waals surface area contributed by atoms with Crippen LogP contribution in [0.1, 0.15) is 42.0 Å². The molecule has 0 saturated heterocycles. The van der Waals surface area contributed by atoms with Crippen LogP contribution in [0.2, 0.25) is 0 Å². The summed E-state index contributed by atoms with van der Waals surface area (Å²) in [5.74, 6) is -0.788. The summed E-state index contributed by atoms with van der Waals surface area (Å²) in [6.07, 6.45) is 4.58. The van der Waals surface area contributed by atoms with Crippen LogP contribution >= 0.6 is 0 Å². The topological polar surface area (TPSA) is 111 Å². The van der Waals surface area contributed by atoms with Crippen LogP contribution in [0, 0.1) is 5.92 Å². The molecule has 6 rings (SSSR count). The van der Waals surface area contributed by atoms with Crippen molar-refractivity contribution in [3.63, 3.8) is 0 Å².